The normalized spacial score (nSPS) is 7.80. The SMILES string of the molecule is Fc1ccc[c]([Mg][Br])c1.I. The fourth-order valence-corrected chi connectivity index (χ4v) is 2.16. The Kier molecular flexibility index (Phi) is 6.38. The topological polar surface area (TPSA) is 0 Å². The van der Waals surface area contributed by atoms with Crippen molar-refractivity contribution in [2.75, 3.05) is 0 Å². The summed E-state index contributed by atoms with van der Waals surface area (Å²) >= 11 is 3.01. The number of rotatable bonds is 1. The minimum Gasteiger partial charge on any atom is -0.296 e. The minimum absolute atomic E-state index is 0. The highest BCUT2D eigenvalue weighted by atomic mass is 127. The summed E-state index contributed by atoms with van der Waals surface area (Å²) in [6.45, 7) is 0. The standard InChI is InChI=1S/C6H4F.BrH.HI.Mg/c7-6-4-2-1-3-5-6;;;/h1-2,4-5H;2*1H;/q;;;+1/p-1. The second kappa shape index (κ2) is 5.74. The van der Waals surface area contributed by atoms with Gasteiger partial charge in [-0.1, -0.05) is 18.2 Å². The third kappa shape index (κ3) is 3.50. The van der Waals surface area contributed by atoms with Gasteiger partial charge in [-0.15, -0.1) is 27.7 Å². The van der Waals surface area contributed by atoms with Crippen molar-refractivity contribution in [1.29, 1.82) is 0 Å². The van der Waals surface area contributed by atoms with Crippen LogP contribution < -0.4 is 3.69 Å². The van der Waals surface area contributed by atoms with Crippen LogP contribution in [0.25, 0.3) is 0 Å². The monoisotopic (exact) mass is 326 g/mol. The molecule has 0 unspecified atom stereocenters. The van der Waals surface area contributed by atoms with Crippen LogP contribution in [-0.4, -0.2) is 18.2 Å². The number of benzene rings is 1. The Morgan fingerprint density at radius 2 is 2.10 bits per heavy atom. The first-order valence-electron chi connectivity index (χ1n) is 2.63. The molecule has 0 saturated carbocycles. The molecule has 1 rings (SSSR count). The maximum Gasteiger partial charge on any atom is 0.506 e. The fraction of sp³-hybridized carbons (Fsp3) is 0. The van der Waals surface area contributed by atoms with Gasteiger partial charge >= 0.3 is 18.2 Å². The van der Waals surface area contributed by atoms with E-state index in [1.807, 2.05) is 6.07 Å². The smallest absolute Gasteiger partial charge is 0.296 e. The third-order valence-electron chi connectivity index (χ3n) is 1.04. The van der Waals surface area contributed by atoms with Crippen molar-refractivity contribution in [3.8, 4) is 0 Å². The Bertz CT molecular complexity index is 207. The molecule has 0 radical (unpaired) electrons. The van der Waals surface area contributed by atoms with E-state index in [0.717, 1.165) is 3.69 Å². The molecule has 0 spiro atoms. The highest BCUT2D eigenvalue weighted by Crippen LogP contribution is 1.92. The van der Waals surface area contributed by atoms with E-state index in [-0.39, 0.29) is 48.0 Å². The van der Waals surface area contributed by atoms with Gasteiger partial charge in [-0.3, -0.25) is 12.9 Å². The van der Waals surface area contributed by atoms with E-state index in [1.165, 1.54) is 6.07 Å². The van der Waals surface area contributed by atoms with Crippen molar-refractivity contribution in [3.63, 3.8) is 0 Å². The molecule has 10 heavy (non-hydrogen) atoms. The highest BCUT2D eigenvalue weighted by Gasteiger charge is 1.94. The van der Waals surface area contributed by atoms with Crippen LogP contribution in [-0.2, 0) is 0 Å². The van der Waals surface area contributed by atoms with E-state index in [0.29, 0.717) is 0 Å². The summed E-state index contributed by atoms with van der Waals surface area (Å²) in [5.74, 6) is -0.139. The molecule has 1 aromatic carbocycles. The van der Waals surface area contributed by atoms with E-state index >= 15 is 0 Å². The summed E-state index contributed by atoms with van der Waals surface area (Å²) in [5.41, 5.74) is 0. The van der Waals surface area contributed by atoms with Crippen LogP contribution in [0.15, 0.2) is 24.3 Å². The third-order valence-corrected chi connectivity index (χ3v) is 3.73. The van der Waals surface area contributed by atoms with Gasteiger partial charge in [0.1, 0.15) is 5.82 Å². The van der Waals surface area contributed by atoms with Crippen LogP contribution in [0, 0.1) is 5.82 Å². The number of halogens is 3. The van der Waals surface area contributed by atoms with Crippen molar-refractivity contribution in [3.05, 3.63) is 30.1 Å². The second-order valence-electron chi connectivity index (χ2n) is 1.76. The molecule has 1 aromatic rings. The summed E-state index contributed by atoms with van der Waals surface area (Å²) in [6, 6.07) is 6.70. The molecule has 52 valence electrons. The first-order valence-corrected chi connectivity index (χ1v) is 7.24. The molecule has 4 heteroatoms. The Balaban J connectivity index is 0.000000810. The molecule has 0 aromatic heterocycles. The van der Waals surface area contributed by atoms with Gasteiger partial charge in [0, 0.05) is 0 Å². The van der Waals surface area contributed by atoms with Gasteiger partial charge in [-0.05, 0) is 6.07 Å². The lowest BCUT2D eigenvalue weighted by atomic mass is 10.3. The predicted molar refractivity (Wildman–Crippen MR) is 56.1 cm³/mol. The summed E-state index contributed by atoms with van der Waals surface area (Å²) in [7, 11) is 0. The molecule has 0 heterocycles. The molecule has 0 aliphatic rings. The molecular weight excluding hydrogens is 322 g/mol. The predicted octanol–water partition coefficient (Wildman–Crippen LogP) is 2.08. The lowest BCUT2D eigenvalue weighted by Crippen LogP contribution is -2.07. The Hall–Kier alpha value is 1.13. The summed E-state index contributed by atoms with van der Waals surface area (Å²) in [6.07, 6.45) is 0. The largest absolute Gasteiger partial charge is 0.506 e. The van der Waals surface area contributed by atoms with Gasteiger partial charge in [0.2, 0.25) is 0 Å². The summed E-state index contributed by atoms with van der Waals surface area (Å²) in [5, 5.41) is 0. The van der Waals surface area contributed by atoms with Gasteiger partial charge in [0.25, 0.3) is 0 Å². The molecule has 0 aliphatic carbocycles. The molecule has 0 aliphatic heterocycles. The lowest BCUT2D eigenvalue weighted by molar-refractivity contribution is 0.629. The van der Waals surface area contributed by atoms with Crippen molar-refractivity contribution in [1.82, 2.24) is 0 Å². The van der Waals surface area contributed by atoms with Crippen molar-refractivity contribution in [2.24, 2.45) is 0 Å². The van der Waals surface area contributed by atoms with Crippen LogP contribution in [0.5, 0.6) is 0 Å². The highest BCUT2D eigenvalue weighted by molar-refractivity contribution is 14.0. The Labute approximate surface area is 92.2 Å². The van der Waals surface area contributed by atoms with E-state index in [2.05, 4.69) is 12.9 Å². The fourth-order valence-electron chi connectivity index (χ4n) is 0.620. The van der Waals surface area contributed by atoms with Crippen LogP contribution in [0.3, 0.4) is 0 Å². The number of hydrogen-bond donors (Lipinski definition) is 0. The number of hydrogen-bond acceptors (Lipinski definition) is 0. The first-order chi connectivity index (χ1) is 4.33. The molecule has 0 atom stereocenters. The van der Waals surface area contributed by atoms with Crippen molar-refractivity contribution in [2.45, 2.75) is 0 Å². The van der Waals surface area contributed by atoms with Crippen LogP contribution in [0.2, 0.25) is 0 Å². The van der Waals surface area contributed by atoms with Crippen molar-refractivity contribution < 1.29 is 4.39 Å². The van der Waals surface area contributed by atoms with Crippen LogP contribution >= 0.6 is 36.9 Å². The molecule has 0 amide bonds. The maximum atomic E-state index is 12.4. The zero-order valence-corrected chi connectivity index (χ0v) is 10.5. The van der Waals surface area contributed by atoms with E-state index in [9.17, 15) is 4.39 Å². The Morgan fingerprint density at radius 3 is 2.50 bits per heavy atom. The average Bonchev–Trinajstić information content (AvgIpc) is 1.88. The van der Waals surface area contributed by atoms with Gasteiger partial charge in [-0.2, -0.15) is 0 Å². The van der Waals surface area contributed by atoms with E-state index in [4.69, 9.17) is 0 Å². The summed E-state index contributed by atoms with van der Waals surface area (Å²) < 4.78 is 13.5. The zero-order chi connectivity index (χ0) is 6.69. The summed E-state index contributed by atoms with van der Waals surface area (Å²) in [4.78, 5) is 0. The Morgan fingerprint density at radius 1 is 1.40 bits per heavy atom. The molecule has 0 saturated heterocycles. The van der Waals surface area contributed by atoms with Gasteiger partial charge in [0.05, 0.1) is 0 Å². The lowest BCUT2D eigenvalue weighted by Gasteiger charge is -1.91. The van der Waals surface area contributed by atoms with Crippen LogP contribution in [0.4, 0.5) is 4.39 Å². The van der Waals surface area contributed by atoms with Gasteiger partial charge in [-0.25, -0.2) is 4.39 Å². The molecular formula is C6H5BrFIMg. The average molecular weight is 327 g/mol. The molecule has 0 N–H and O–H groups in total. The van der Waals surface area contributed by atoms with Gasteiger partial charge in [0.15, 0.2) is 0 Å². The second-order valence-corrected chi connectivity index (χ2v) is 4.53. The quantitative estimate of drug-likeness (QED) is 0.547. The van der Waals surface area contributed by atoms with E-state index < -0.39 is 0 Å². The zero-order valence-electron chi connectivity index (χ0n) is 5.18. The molecule has 0 fully saturated rings. The first kappa shape index (κ1) is 11.1. The molecule has 0 bridgehead atoms. The van der Waals surface area contributed by atoms with Crippen molar-refractivity contribution >= 4 is 58.7 Å². The minimum atomic E-state index is -0.358. The maximum absolute atomic E-state index is 12.4. The van der Waals surface area contributed by atoms with Gasteiger partial charge < -0.3 is 0 Å². The van der Waals surface area contributed by atoms with E-state index in [1.54, 1.807) is 12.1 Å². The molecule has 0 nitrogen and oxygen atoms in total. The van der Waals surface area contributed by atoms with Crippen LogP contribution in [0.1, 0.15) is 0 Å².